The molecule has 4 fully saturated rings. The largest absolute Gasteiger partial charge is 0.467 e. The number of hydrogen-bond acceptors (Lipinski definition) is 8. The predicted molar refractivity (Wildman–Crippen MR) is 180 cm³/mol. The Bertz CT molecular complexity index is 1860. The molecular weight excluding hydrogens is 640 g/mol. The summed E-state index contributed by atoms with van der Waals surface area (Å²) >= 11 is 0. The number of hydrogen-bond donors (Lipinski definition) is 0. The van der Waals surface area contributed by atoms with Crippen LogP contribution in [0.4, 0.5) is 23.4 Å². The second-order valence-corrected chi connectivity index (χ2v) is 12.4. The number of benzene rings is 2. The maximum absolute atomic E-state index is 16.1. The molecule has 6 heterocycles. The number of aromatic nitrogens is 3. The molecule has 260 valence electrons. The lowest BCUT2D eigenvalue weighted by atomic mass is 9.91. The molecule has 0 N–H and O–H groups in total. The van der Waals surface area contributed by atoms with Crippen molar-refractivity contribution < 1.29 is 31.8 Å². The molecule has 1 amide bonds. The number of nitrogens with zero attached hydrogens (tertiary/aromatic N) is 6. The minimum Gasteiger partial charge on any atom is -0.467 e. The number of piperazine rings is 1. The fraction of sp³-hybridized carbons (Fsp3) is 0.444. The molecule has 4 saturated heterocycles. The monoisotopic (exact) mass is 680 g/mol. The first-order valence-electron chi connectivity index (χ1n) is 16.6. The van der Waals surface area contributed by atoms with Crippen molar-refractivity contribution in [2.24, 2.45) is 0 Å². The fourth-order valence-electron chi connectivity index (χ4n) is 7.27. The van der Waals surface area contributed by atoms with Crippen molar-refractivity contribution >= 4 is 33.4 Å². The van der Waals surface area contributed by atoms with Crippen LogP contribution in [-0.4, -0.2) is 101 Å². The minimum atomic E-state index is -1.08. The number of fused-ring (bicyclic) bond motifs is 3. The lowest BCUT2D eigenvalue weighted by Crippen LogP contribution is -2.72. The van der Waals surface area contributed by atoms with Gasteiger partial charge in [-0.05, 0) is 43.3 Å². The molecule has 0 saturated carbocycles. The summed E-state index contributed by atoms with van der Waals surface area (Å²) in [7, 11) is 1.37. The highest BCUT2D eigenvalue weighted by Crippen LogP contribution is 2.38. The number of ether oxygens (including phenoxy) is 2. The quantitative estimate of drug-likeness (QED) is 0.189. The summed E-state index contributed by atoms with van der Waals surface area (Å²) in [5.74, 6) is -2.74. The number of alkyl halides is 1. The highest BCUT2D eigenvalue weighted by Gasteiger charge is 2.50. The van der Waals surface area contributed by atoms with Crippen molar-refractivity contribution in [1.82, 2.24) is 24.8 Å². The Hall–Kier alpha value is -4.36. The van der Waals surface area contributed by atoms with Crippen LogP contribution in [-0.2, 0) is 9.53 Å². The standard InChI is InChI=1S/C27H22F3N5O3.C7H12FN.C2H6/c1-3-19(36)35-10-9-34(12-27(35)13-38-14-27)25-17-11-31-23(22(30)24(17)32-26(33-25)37-2)16-6-4-5-15-7-8-18(28)21(29)20(15)16;8-6-4-7-2-1-3-9(7)5-6;1-2/h3-8,11H,1,9-10,12-14H2,2H3;6-7H,1-5H2;1-2H3. The number of carbonyl (C=O) groups is 1. The molecule has 2 aromatic carbocycles. The number of carbonyl (C=O) groups excluding carboxylic acids is 1. The first-order valence-corrected chi connectivity index (χ1v) is 16.6. The van der Waals surface area contributed by atoms with E-state index in [1.807, 2.05) is 18.7 Å². The van der Waals surface area contributed by atoms with Crippen LogP contribution < -0.4 is 9.64 Å². The van der Waals surface area contributed by atoms with Crippen molar-refractivity contribution in [2.75, 3.05) is 57.9 Å². The maximum atomic E-state index is 16.1. The number of halogens is 4. The number of rotatable bonds is 4. The van der Waals surface area contributed by atoms with E-state index in [2.05, 4.69) is 26.4 Å². The highest BCUT2D eigenvalue weighted by molar-refractivity contribution is 5.99. The third kappa shape index (κ3) is 6.29. The van der Waals surface area contributed by atoms with E-state index in [0.29, 0.717) is 62.0 Å². The molecule has 1 spiro atoms. The van der Waals surface area contributed by atoms with Gasteiger partial charge in [-0.15, -0.1) is 0 Å². The van der Waals surface area contributed by atoms with Gasteiger partial charge in [0.25, 0.3) is 0 Å². The first kappa shape index (κ1) is 34.5. The molecule has 0 radical (unpaired) electrons. The van der Waals surface area contributed by atoms with Crippen LogP contribution in [0.2, 0.25) is 0 Å². The SMILES string of the molecule is C=CC(=O)N1CCN(c2nc(OC)nc3c(F)c(-c4cccc5ccc(F)c(F)c45)ncc23)CC12COC2.CC.FC1CC2CCCN2C1. The minimum absolute atomic E-state index is 0.0674. The highest BCUT2D eigenvalue weighted by atomic mass is 19.2. The topological polar surface area (TPSA) is 83.9 Å². The van der Waals surface area contributed by atoms with Gasteiger partial charge < -0.3 is 19.3 Å². The molecule has 4 aliphatic rings. The Morgan fingerprint density at radius 1 is 1.08 bits per heavy atom. The molecule has 13 heteroatoms. The van der Waals surface area contributed by atoms with Crippen LogP contribution in [0.15, 0.2) is 49.2 Å². The third-order valence-electron chi connectivity index (χ3n) is 9.61. The Labute approximate surface area is 282 Å². The van der Waals surface area contributed by atoms with Crippen molar-refractivity contribution in [3.8, 4) is 17.3 Å². The van der Waals surface area contributed by atoms with Gasteiger partial charge in [0.05, 0.1) is 25.7 Å². The first-order chi connectivity index (χ1) is 23.7. The van der Waals surface area contributed by atoms with Crippen molar-refractivity contribution in [2.45, 2.75) is 50.9 Å². The Morgan fingerprint density at radius 3 is 2.57 bits per heavy atom. The van der Waals surface area contributed by atoms with Gasteiger partial charge in [-0.3, -0.25) is 14.7 Å². The van der Waals surface area contributed by atoms with Crippen LogP contribution in [0.1, 0.15) is 33.1 Å². The Morgan fingerprint density at radius 2 is 1.88 bits per heavy atom. The maximum Gasteiger partial charge on any atom is 0.318 e. The van der Waals surface area contributed by atoms with Gasteiger partial charge in [0.1, 0.15) is 28.7 Å². The number of methoxy groups -OCH3 is 1. The van der Waals surface area contributed by atoms with E-state index in [1.54, 1.807) is 17.0 Å². The number of amides is 1. The van der Waals surface area contributed by atoms with Crippen LogP contribution in [0.25, 0.3) is 32.9 Å². The average molecular weight is 681 g/mol. The average Bonchev–Trinajstić information content (AvgIpc) is 3.70. The molecule has 4 aliphatic heterocycles. The van der Waals surface area contributed by atoms with Crippen LogP contribution in [0.5, 0.6) is 6.01 Å². The summed E-state index contributed by atoms with van der Waals surface area (Å²) in [5.41, 5.74) is -0.719. The predicted octanol–water partition coefficient (Wildman–Crippen LogP) is 6.09. The van der Waals surface area contributed by atoms with Gasteiger partial charge >= 0.3 is 6.01 Å². The molecular formula is C36H40F4N6O3. The molecule has 9 nitrogen and oxygen atoms in total. The van der Waals surface area contributed by atoms with Gasteiger partial charge in [-0.25, -0.2) is 17.6 Å². The smallest absolute Gasteiger partial charge is 0.318 e. The lowest BCUT2D eigenvalue weighted by molar-refractivity contribution is -0.164. The Kier molecular flexibility index (Phi) is 10.0. The number of pyridine rings is 1. The van der Waals surface area contributed by atoms with Gasteiger partial charge in [-0.2, -0.15) is 9.97 Å². The van der Waals surface area contributed by atoms with E-state index in [1.165, 1.54) is 44.4 Å². The van der Waals surface area contributed by atoms with Crippen molar-refractivity contribution in [1.29, 1.82) is 0 Å². The zero-order valence-electron chi connectivity index (χ0n) is 27.9. The molecule has 0 aliphatic carbocycles. The summed E-state index contributed by atoms with van der Waals surface area (Å²) < 4.78 is 68.3. The van der Waals surface area contributed by atoms with Gasteiger partial charge in [0, 0.05) is 49.4 Å². The van der Waals surface area contributed by atoms with Gasteiger partial charge in [-0.1, -0.05) is 44.7 Å². The van der Waals surface area contributed by atoms with Crippen LogP contribution >= 0.6 is 0 Å². The summed E-state index contributed by atoms with van der Waals surface area (Å²) in [4.78, 5) is 31.5. The second-order valence-electron chi connectivity index (χ2n) is 12.4. The summed E-state index contributed by atoms with van der Waals surface area (Å²) in [6, 6.07) is 7.71. The van der Waals surface area contributed by atoms with Crippen molar-refractivity contribution in [3.05, 3.63) is 66.6 Å². The molecule has 49 heavy (non-hydrogen) atoms. The zero-order chi connectivity index (χ0) is 34.9. The summed E-state index contributed by atoms with van der Waals surface area (Å²) in [6.07, 6.45) is 5.51. The van der Waals surface area contributed by atoms with E-state index < -0.39 is 29.2 Å². The molecule has 4 aromatic rings. The normalized spacial score (nSPS) is 21.0. The van der Waals surface area contributed by atoms with Crippen molar-refractivity contribution in [3.63, 3.8) is 0 Å². The van der Waals surface area contributed by atoms with Gasteiger partial charge in [0.15, 0.2) is 17.5 Å². The van der Waals surface area contributed by atoms with Crippen LogP contribution in [0.3, 0.4) is 0 Å². The molecule has 0 bridgehead atoms. The lowest BCUT2D eigenvalue weighted by Gasteiger charge is -2.55. The molecule has 2 unspecified atom stereocenters. The van der Waals surface area contributed by atoms with E-state index in [9.17, 15) is 18.0 Å². The molecule has 2 aromatic heterocycles. The molecule has 8 rings (SSSR count). The van der Waals surface area contributed by atoms with Crippen LogP contribution in [0, 0.1) is 17.5 Å². The Balaban J connectivity index is 0.000000322. The van der Waals surface area contributed by atoms with E-state index in [0.717, 1.165) is 19.0 Å². The second kappa shape index (κ2) is 14.2. The third-order valence-corrected chi connectivity index (χ3v) is 9.61. The molecule has 2 atom stereocenters. The fourth-order valence-corrected chi connectivity index (χ4v) is 7.27. The van der Waals surface area contributed by atoms with E-state index >= 15 is 4.39 Å². The van der Waals surface area contributed by atoms with E-state index in [-0.39, 0.29) is 34.1 Å². The number of anilines is 1. The zero-order valence-corrected chi connectivity index (χ0v) is 27.9. The summed E-state index contributed by atoms with van der Waals surface area (Å²) in [5, 5.41) is 0.649. The van der Waals surface area contributed by atoms with Gasteiger partial charge in [0.2, 0.25) is 5.91 Å². The summed E-state index contributed by atoms with van der Waals surface area (Å²) in [6.45, 7) is 11.3. The van der Waals surface area contributed by atoms with E-state index in [4.69, 9.17) is 9.47 Å².